The maximum Gasteiger partial charge on any atom is 0.522 e. The molecule has 19 heteroatoms. The molecule has 0 spiro atoms. The van der Waals surface area contributed by atoms with Gasteiger partial charge in [0.15, 0.2) is 0 Å². The Balaban J connectivity index is 2.66. The number of hydrogen-bond donors (Lipinski definition) is 2. The Morgan fingerprint density at radius 1 is 0.814 bits per heavy atom. The Kier molecular flexibility index (Phi) is 11.9. The van der Waals surface area contributed by atoms with E-state index in [1.807, 2.05) is 0 Å². The molecule has 43 heavy (non-hydrogen) atoms. The van der Waals surface area contributed by atoms with E-state index in [1.54, 1.807) is 30.3 Å². The first kappa shape index (κ1) is 36.2. The predicted octanol–water partition coefficient (Wildman–Crippen LogP) is 4.25. The first-order valence-corrected chi connectivity index (χ1v) is 17.3. The van der Waals surface area contributed by atoms with Crippen LogP contribution in [0.2, 0.25) is 6.04 Å². The van der Waals surface area contributed by atoms with Gasteiger partial charge in [-0.15, -0.1) is 0 Å². The van der Waals surface area contributed by atoms with Crippen molar-refractivity contribution >= 4 is 40.6 Å². The number of nitrogens with one attached hydrogen (secondary N) is 2. The lowest BCUT2D eigenvalue weighted by Gasteiger charge is -2.37. The molecule has 0 bridgehead atoms. The van der Waals surface area contributed by atoms with Crippen LogP contribution in [0.15, 0.2) is 60.7 Å². The van der Waals surface area contributed by atoms with Gasteiger partial charge in [-0.05, 0) is 30.0 Å². The molecule has 10 nitrogen and oxygen atoms in total. The zero-order valence-corrected chi connectivity index (χ0v) is 25.2. The van der Waals surface area contributed by atoms with E-state index >= 15 is 0 Å². The van der Waals surface area contributed by atoms with Gasteiger partial charge < -0.3 is 10.6 Å². The summed E-state index contributed by atoms with van der Waals surface area (Å²) in [6, 6.07) is 13.4. The standard InChI is InChI=1S/C24H28F6N2O8S2Si/c1-17(2)15-21(32-22(34)19-11-7-4-8-12-19)43(39-41(35,36)23(25,26)27,40-42(37,38)24(28,29)30)14-13-20(33)31-16-18-9-5-3-6-10-18/h3-12,17,21H,13-16H2,1-2H3,(H,31,33)(H,32,34). The fourth-order valence-corrected chi connectivity index (χ4v) is 11.5. The molecule has 0 aliphatic carbocycles. The second-order valence-corrected chi connectivity index (χ2v) is 16.5. The molecule has 2 rings (SSSR count). The van der Waals surface area contributed by atoms with Crippen LogP contribution in [0.1, 0.15) is 42.6 Å². The maximum absolute atomic E-state index is 13.5. The Morgan fingerprint density at radius 2 is 1.28 bits per heavy atom. The fraction of sp³-hybridized carbons (Fsp3) is 0.417. The number of benzene rings is 2. The quantitative estimate of drug-likeness (QED) is 0.172. The van der Waals surface area contributed by atoms with E-state index in [-0.39, 0.29) is 12.1 Å². The topological polar surface area (TPSA) is 145 Å². The third-order valence-corrected chi connectivity index (χ3v) is 13.2. The molecule has 240 valence electrons. The van der Waals surface area contributed by atoms with Gasteiger partial charge in [-0.25, -0.2) is 0 Å². The zero-order chi connectivity index (χ0) is 32.7. The van der Waals surface area contributed by atoms with Crippen LogP contribution in [0.4, 0.5) is 26.3 Å². The SMILES string of the molecule is CC(C)CC(NC(=O)c1ccccc1)[Si](CCC(=O)NCc1ccccc1)(OS(=O)(=O)C(F)(F)F)OS(=O)(=O)C(F)(F)F. The third kappa shape index (κ3) is 10.3. The minimum Gasteiger partial charge on any atom is -0.352 e. The predicted molar refractivity (Wildman–Crippen MR) is 143 cm³/mol. The van der Waals surface area contributed by atoms with Crippen molar-refractivity contribution in [2.75, 3.05) is 0 Å². The highest BCUT2D eigenvalue weighted by atomic mass is 32.2. The van der Waals surface area contributed by atoms with E-state index in [4.69, 9.17) is 0 Å². The van der Waals surface area contributed by atoms with Crippen molar-refractivity contribution in [2.45, 2.75) is 56.0 Å². The van der Waals surface area contributed by atoms with Crippen LogP contribution < -0.4 is 10.6 Å². The first-order chi connectivity index (χ1) is 19.7. The van der Waals surface area contributed by atoms with Gasteiger partial charge in [-0.3, -0.25) is 17.3 Å². The average Bonchev–Trinajstić information content (AvgIpc) is 2.89. The second kappa shape index (κ2) is 14.2. The molecule has 0 aliphatic rings. The van der Waals surface area contributed by atoms with Crippen molar-refractivity contribution in [3.05, 3.63) is 71.8 Å². The largest absolute Gasteiger partial charge is 0.522 e. The molecular formula is C24H28F6N2O8S2Si. The molecule has 2 aromatic carbocycles. The van der Waals surface area contributed by atoms with Crippen LogP contribution >= 0.6 is 0 Å². The van der Waals surface area contributed by atoms with Gasteiger partial charge in [0.25, 0.3) is 5.91 Å². The number of alkyl halides is 6. The van der Waals surface area contributed by atoms with Crippen molar-refractivity contribution in [3.63, 3.8) is 0 Å². The van der Waals surface area contributed by atoms with Gasteiger partial charge >= 0.3 is 39.8 Å². The summed E-state index contributed by atoms with van der Waals surface area (Å²) in [5.41, 5.74) is -14.2. The molecule has 2 amide bonds. The van der Waals surface area contributed by atoms with Crippen molar-refractivity contribution in [1.82, 2.24) is 10.6 Å². The summed E-state index contributed by atoms with van der Waals surface area (Å²) < 4.78 is 139. The molecular weight excluding hydrogens is 650 g/mol. The molecule has 0 saturated carbocycles. The van der Waals surface area contributed by atoms with Crippen LogP contribution in [-0.4, -0.2) is 53.9 Å². The third-order valence-electron chi connectivity index (χ3n) is 5.68. The summed E-state index contributed by atoms with van der Waals surface area (Å²) in [6.07, 6.45) is -1.63. The lowest BCUT2D eigenvalue weighted by atomic mass is 10.1. The highest BCUT2D eigenvalue weighted by Gasteiger charge is 2.63. The number of carbonyl (C=O) groups excluding carboxylic acids is 2. The van der Waals surface area contributed by atoms with Crippen LogP contribution in [0.5, 0.6) is 0 Å². The summed E-state index contributed by atoms with van der Waals surface area (Å²) in [5.74, 6) is -2.83. The van der Waals surface area contributed by atoms with E-state index < -0.39 is 82.1 Å². The van der Waals surface area contributed by atoms with E-state index in [0.717, 1.165) is 0 Å². The second-order valence-electron chi connectivity index (χ2n) is 9.56. The van der Waals surface area contributed by atoms with Crippen molar-refractivity contribution in [2.24, 2.45) is 5.92 Å². The molecule has 0 aliphatic heterocycles. The molecule has 2 aromatic rings. The van der Waals surface area contributed by atoms with Gasteiger partial charge in [0.2, 0.25) is 5.91 Å². The molecule has 0 heterocycles. The van der Waals surface area contributed by atoms with Crippen LogP contribution in [0.25, 0.3) is 0 Å². The first-order valence-electron chi connectivity index (χ1n) is 12.4. The van der Waals surface area contributed by atoms with Crippen molar-refractivity contribution in [1.29, 1.82) is 0 Å². The van der Waals surface area contributed by atoms with Gasteiger partial charge in [0.05, 0.1) is 5.67 Å². The van der Waals surface area contributed by atoms with Crippen LogP contribution in [0.3, 0.4) is 0 Å². The number of carbonyl (C=O) groups is 2. The normalized spacial score (nSPS) is 13.9. The summed E-state index contributed by atoms with van der Waals surface area (Å²) >= 11 is 0. The van der Waals surface area contributed by atoms with Crippen LogP contribution in [-0.2, 0) is 39.3 Å². The number of rotatable bonds is 14. The van der Waals surface area contributed by atoms with Crippen LogP contribution in [0, 0.1) is 5.92 Å². The van der Waals surface area contributed by atoms with Gasteiger partial charge in [0.1, 0.15) is 0 Å². The minimum atomic E-state index is -6.84. The molecule has 1 unspecified atom stereocenters. The number of hydrogen-bond acceptors (Lipinski definition) is 8. The Hall–Kier alpha value is -3.00. The molecule has 0 fully saturated rings. The number of amides is 2. The maximum atomic E-state index is 13.5. The molecule has 0 radical (unpaired) electrons. The highest BCUT2D eigenvalue weighted by molar-refractivity contribution is 7.90. The molecule has 0 saturated heterocycles. The Bertz CT molecular complexity index is 1410. The molecule has 2 N–H and O–H groups in total. The summed E-state index contributed by atoms with van der Waals surface area (Å²) in [6.45, 7) is 2.67. The highest BCUT2D eigenvalue weighted by Crippen LogP contribution is 2.37. The smallest absolute Gasteiger partial charge is 0.352 e. The van der Waals surface area contributed by atoms with Crippen molar-refractivity contribution < 1.29 is 60.5 Å². The van der Waals surface area contributed by atoms with E-state index in [9.17, 15) is 52.8 Å². The fourth-order valence-electron chi connectivity index (χ4n) is 3.68. The van der Waals surface area contributed by atoms with E-state index in [2.05, 4.69) is 18.4 Å². The molecule has 0 aromatic heterocycles. The summed E-state index contributed by atoms with van der Waals surface area (Å²) in [7, 11) is -19.7. The van der Waals surface area contributed by atoms with Gasteiger partial charge in [-0.2, -0.15) is 43.2 Å². The van der Waals surface area contributed by atoms with Gasteiger partial charge in [0, 0.05) is 24.6 Å². The molecule has 1 atom stereocenters. The number of halogens is 6. The van der Waals surface area contributed by atoms with E-state index in [1.165, 1.54) is 44.2 Å². The zero-order valence-electron chi connectivity index (χ0n) is 22.6. The van der Waals surface area contributed by atoms with E-state index in [0.29, 0.717) is 5.56 Å². The summed E-state index contributed by atoms with van der Waals surface area (Å²) in [5, 5.41) is 4.46. The Morgan fingerprint density at radius 3 is 1.72 bits per heavy atom. The average molecular weight is 679 g/mol. The lowest BCUT2D eigenvalue weighted by molar-refractivity contribution is -0.121. The summed E-state index contributed by atoms with van der Waals surface area (Å²) in [4.78, 5) is 25.6. The Labute approximate surface area is 245 Å². The lowest BCUT2D eigenvalue weighted by Crippen LogP contribution is -2.64. The van der Waals surface area contributed by atoms with Gasteiger partial charge in [-0.1, -0.05) is 62.4 Å². The minimum absolute atomic E-state index is 0.141. The van der Waals surface area contributed by atoms with Crippen molar-refractivity contribution in [3.8, 4) is 0 Å². The monoisotopic (exact) mass is 678 g/mol.